The molecule has 0 spiro atoms. The number of rotatable bonds is 9. The molecule has 2 aromatic rings. The minimum Gasteiger partial charge on any atom is -0.495 e. The fraction of sp³-hybridized carbons (Fsp3) is 0.435. The van der Waals surface area contributed by atoms with Gasteiger partial charge in [-0.2, -0.15) is 0 Å². The zero-order chi connectivity index (χ0) is 24.0. The van der Waals surface area contributed by atoms with Gasteiger partial charge in [-0.15, -0.1) is 0 Å². The van der Waals surface area contributed by atoms with Gasteiger partial charge in [-0.25, -0.2) is 8.42 Å². The van der Waals surface area contributed by atoms with Gasteiger partial charge in [-0.1, -0.05) is 23.7 Å². The molecule has 1 amide bonds. The van der Waals surface area contributed by atoms with E-state index in [0.29, 0.717) is 37.0 Å². The Kier molecular flexibility index (Phi) is 8.58. The molecule has 0 aromatic heterocycles. The van der Waals surface area contributed by atoms with Crippen molar-refractivity contribution >= 4 is 33.2 Å². The Hall–Kier alpha value is -2.33. The lowest BCUT2D eigenvalue weighted by atomic mass is 10.2. The normalized spacial score (nSPS) is 14.7. The third kappa shape index (κ3) is 6.38. The Labute approximate surface area is 200 Å². The van der Waals surface area contributed by atoms with Crippen LogP contribution in [-0.4, -0.2) is 72.3 Å². The molecule has 3 rings (SSSR count). The topological polar surface area (TPSA) is 88.2 Å². The van der Waals surface area contributed by atoms with Crippen LogP contribution in [0.25, 0.3) is 0 Å². The number of aryl methyl sites for hydroxylation is 2. The number of methoxy groups -OCH3 is 1. The van der Waals surface area contributed by atoms with Gasteiger partial charge in [0, 0.05) is 31.2 Å². The number of carbonyl (C=O) groups excluding carboxylic acids is 1. The maximum Gasteiger partial charge on any atom is 0.268 e. The molecule has 1 heterocycles. The van der Waals surface area contributed by atoms with Crippen LogP contribution in [0.2, 0.25) is 5.02 Å². The van der Waals surface area contributed by atoms with E-state index in [2.05, 4.69) is 10.2 Å². The first kappa shape index (κ1) is 25.3. The lowest BCUT2D eigenvalue weighted by Crippen LogP contribution is -2.45. The SMILES string of the molecule is COc1ccc(C)cc1S(=O)(=O)N(CC(=O)NCCN1CCOCC1)c1ccc(C)c(Cl)c1. The lowest BCUT2D eigenvalue weighted by Gasteiger charge is -2.27. The predicted octanol–water partition coefficient (Wildman–Crippen LogP) is 2.61. The molecule has 1 N–H and O–H groups in total. The van der Waals surface area contributed by atoms with Crippen molar-refractivity contribution in [3.8, 4) is 5.75 Å². The first-order valence-electron chi connectivity index (χ1n) is 10.7. The highest BCUT2D eigenvalue weighted by atomic mass is 35.5. The molecule has 0 unspecified atom stereocenters. The molecule has 0 aliphatic carbocycles. The summed E-state index contributed by atoms with van der Waals surface area (Å²) in [4.78, 5) is 15.0. The van der Waals surface area contributed by atoms with E-state index in [1.54, 1.807) is 37.3 Å². The second-order valence-corrected chi connectivity index (χ2v) is 10.1. The molecule has 0 atom stereocenters. The van der Waals surface area contributed by atoms with Gasteiger partial charge in [-0.3, -0.25) is 14.0 Å². The third-order valence-corrected chi connectivity index (χ3v) is 7.67. The summed E-state index contributed by atoms with van der Waals surface area (Å²) < 4.78 is 39.1. The van der Waals surface area contributed by atoms with E-state index >= 15 is 0 Å². The van der Waals surface area contributed by atoms with Gasteiger partial charge in [0.05, 0.1) is 26.0 Å². The van der Waals surface area contributed by atoms with E-state index in [9.17, 15) is 13.2 Å². The van der Waals surface area contributed by atoms with Gasteiger partial charge >= 0.3 is 0 Å². The van der Waals surface area contributed by atoms with Gasteiger partial charge in [0.1, 0.15) is 17.2 Å². The van der Waals surface area contributed by atoms with Crippen molar-refractivity contribution in [3.05, 3.63) is 52.5 Å². The summed E-state index contributed by atoms with van der Waals surface area (Å²) in [5, 5.41) is 3.24. The van der Waals surface area contributed by atoms with E-state index in [1.165, 1.54) is 13.2 Å². The van der Waals surface area contributed by atoms with Crippen LogP contribution >= 0.6 is 11.6 Å². The molecular formula is C23H30ClN3O5S. The fourth-order valence-corrected chi connectivity index (χ4v) is 5.35. The molecule has 33 heavy (non-hydrogen) atoms. The predicted molar refractivity (Wildman–Crippen MR) is 129 cm³/mol. The van der Waals surface area contributed by atoms with Crippen LogP contribution in [-0.2, 0) is 19.6 Å². The number of amides is 1. The standard InChI is InChI=1S/C23H30ClN3O5S/c1-17-4-7-21(31-3)22(14-17)33(29,30)27(19-6-5-18(2)20(24)15-19)16-23(28)25-8-9-26-10-12-32-13-11-26/h4-7,14-15H,8-13,16H2,1-3H3,(H,25,28). The summed E-state index contributed by atoms with van der Waals surface area (Å²) in [6, 6.07) is 9.82. The van der Waals surface area contributed by atoms with Gasteiger partial charge in [0.2, 0.25) is 5.91 Å². The summed E-state index contributed by atoms with van der Waals surface area (Å²) in [5.41, 5.74) is 1.87. The average molecular weight is 496 g/mol. The first-order chi connectivity index (χ1) is 15.7. The number of anilines is 1. The molecule has 10 heteroatoms. The number of sulfonamides is 1. The number of carbonyl (C=O) groups is 1. The van der Waals surface area contributed by atoms with Crippen LogP contribution in [0, 0.1) is 13.8 Å². The minimum atomic E-state index is -4.13. The van der Waals surface area contributed by atoms with Gasteiger partial charge in [0.25, 0.3) is 10.0 Å². The number of morpholine rings is 1. The van der Waals surface area contributed by atoms with Crippen LogP contribution in [0.15, 0.2) is 41.3 Å². The Morgan fingerprint density at radius 2 is 1.91 bits per heavy atom. The van der Waals surface area contributed by atoms with Crippen molar-refractivity contribution in [2.75, 3.05) is 57.4 Å². The molecular weight excluding hydrogens is 466 g/mol. The Balaban J connectivity index is 1.85. The highest BCUT2D eigenvalue weighted by molar-refractivity contribution is 7.93. The number of hydrogen-bond donors (Lipinski definition) is 1. The van der Waals surface area contributed by atoms with E-state index in [-0.39, 0.29) is 17.2 Å². The summed E-state index contributed by atoms with van der Waals surface area (Å²) in [7, 11) is -2.72. The number of nitrogens with zero attached hydrogens (tertiary/aromatic N) is 2. The van der Waals surface area contributed by atoms with Crippen molar-refractivity contribution in [1.82, 2.24) is 10.2 Å². The van der Waals surface area contributed by atoms with Crippen molar-refractivity contribution in [1.29, 1.82) is 0 Å². The highest BCUT2D eigenvalue weighted by Crippen LogP contribution is 2.32. The molecule has 1 aliphatic heterocycles. The monoisotopic (exact) mass is 495 g/mol. The number of ether oxygens (including phenoxy) is 2. The van der Waals surface area contributed by atoms with Crippen LogP contribution in [0.3, 0.4) is 0 Å². The fourth-order valence-electron chi connectivity index (χ4n) is 3.52. The van der Waals surface area contributed by atoms with Gasteiger partial charge in [0.15, 0.2) is 0 Å². The molecule has 0 saturated carbocycles. The smallest absolute Gasteiger partial charge is 0.268 e. The zero-order valence-electron chi connectivity index (χ0n) is 19.1. The van der Waals surface area contributed by atoms with Crippen LogP contribution < -0.4 is 14.4 Å². The van der Waals surface area contributed by atoms with Crippen molar-refractivity contribution < 1.29 is 22.7 Å². The Bertz CT molecular complexity index is 1090. The second kappa shape index (κ2) is 11.2. The maximum atomic E-state index is 13.7. The molecule has 1 saturated heterocycles. The van der Waals surface area contributed by atoms with E-state index in [4.69, 9.17) is 21.1 Å². The minimum absolute atomic E-state index is 0.0113. The summed E-state index contributed by atoms with van der Waals surface area (Å²) in [5.74, 6) is -0.202. The first-order valence-corrected chi connectivity index (χ1v) is 12.5. The quantitative estimate of drug-likeness (QED) is 0.575. The summed E-state index contributed by atoms with van der Waals surface area (Å²) in [6.07, 6.45) is 0. The van der Waals surface area contributed by atoms with Crippen molar-refractivity contribution in [2.24, 2.45) is 0 Å². The number of hydrogen-bond acceptors (Lipinski definition) is 6. The van der Waals surface area contributed by atoms with E-state index in [0.717, 1.165) is 28.5 Å². The van der Waals surface area contributed by atoms with Crippen molar-refractivity contribution in [3.63, 3.8) is 0 Å². The second-order valence-electron chi connectivity index (χ2n) is 7.90. The van der Waals surface area contributed by atoms with E-state index in [1.807, 2.05) is 6.92 Å². The third-order valence-electron chi connectivity index (χ3n) is 5.47. The highest BCUT2D eigenvalue weighted by Gasteiger charge is 2.30. The zero-order valence-corrected chi connectivity index (χ0v) is 20.7. The molecule has 0 bridgehead atoms. The van der Waals surface area contributed by atoms with Crippen LogP contribution in [0.4, 0.5) is 5.69 Å². The molecule has 180 valence electrons. The Morgan fingerprint density at radius 3 is 2.58 bits per heavy atom. The average Bonchev–Trinajstić information content (AvgIpc) is 2.80. The lowest BCUT2D eigenvalue weighted by molar-refractivity contribution is -0.119. The van der Waals surface area contributed by atoms with Crippen molar-refractivity contribution in [2.45, 2.75) is 18.7 Å². The number of benzene rings is 2. The van der Waals surface area contributed by atoms with Crippen LogP contribution in [0.1, 0.15) is 11.1 Å². The van der Waals surface area contributed by atoms with Gasteiger partial charge < -0.3 is 14.8 Å². The molecule has 1 fully saturated rings. The number of halogens is 1. The van der Waals surface area contributed by atoms with Gasteiger partial charge in [-0.05, 0) is 49.2 Å². The van der Waals surface area contributed by atoms with Crippen LogP contribution in [0.5, 0.6) is 5.75 Å². The summed E-state index contributed by atoms with van der Waals surface area (Å²) in [6.45, 7) is 7.29. The Morgan fingerprint density at radius 1 is 1.18 bits per heavy atom. The molecule has 1 aliphatic rings. The molecule has 8 nitrogen and oxygen atoms in total. The maximum absolute atomic E-state index is 13.7. The number of nitrogens with one attached hydrogen (secondary N) is 1. The summed E-state index contributed by atoms with van der Waals surface area (Å²) >= 11 is 6.28. The molecule has 0 radical (unpaired) electrons. The molecule has 2 aromatic carbocycles. The largest absolute Gasteiger partial charge is 0.495 e. The van der Waals surface area contributed by atoms with E-state index < -0.39 is 15.9 Å².